The zero-order valence-corrected chi connectivity index (χ0v) is 6.82. The Morgan fingerprint density at radius 1 is 1.42 bits per heavy atom. The maximum absolute atomic E-state index is 8.71. The van der Waals surface area contributed by atoms with Gasteiger partial charge >= 0.3 is 0 Å². The summed E-state index contributed by atoms with van der Waals surface area (Å²) in [6.07, 6.45) is 1.44. The topological polar surface area (TPSA) is 33.0 Å². The number of allylic oxidation sites excluding steroid dienone is 1. The van der Waals surface area contributed by atoms with E-state index >= 15 is 0 Å². The number of ether oxygens (including phenoxy) is 1. The smallest absolute Gasteiger partial charge is 0.103 e. The molecule has 0 amide bonds. The number of methoxy groups -OCH3 is 1. The average molecular weight is 159 g/mol. The van der Waals surface area contributed by atoms with Crippen molar-refractivity contribution in [1.29, 1.82) is 5.26 Å². The van der Waals surface area contributed by atoms with Crippen LogP contribution in [-0.2, 0) is 4.74 Å². The van der Waals surface area contributed by atoms with Gasteiger partial charge in [-0.25, -0.2) is 0 Å². The number of hydrogen-bond acceptors (Lipinski definition) is 2. The molecule has 12 heavy (non-hydrogen) atoms. The number of benzene rings is 1. The lowest BCUT2D eigenvalue weighted by Crippen LogP contribution is -1.80. The quantitative estimate of drug-likeness (QED) is 0.489. The molecule has 60 valence electrons. The first-order chi connectivity index (χ1) is 5.88. The molecule has 1 rings (SSSR count). The monoisotopic (exact) mass is 159 g/mol. The van der Waals surface area contributed by atoms with Crippen molar-refractivity contribution in [2.45, 2.75) is 0 Å². The fraction of sp³-hybridized carbons (Fsp3) is 0.100. The summed E-state index contributed by atoms with van der Waals surface area (Å²) >= 11 is 0. The van der Waals surface area contributed by atoms with Crippen molar-refractivity contribution < 1.29 is 4.74 Å². The molecule has 0 atom stereocenters. The summed E-state index contributed by atoms with van der Waals surface area (Å²) in [5.74, 6) is 0. The molecule has 2 nitrogen and oxygen atoms in total. The summed E-state index contributed by atoms with van der Waals surface area (Å²) in [6.45, 7) is 0. The fourth-order valence-corrected chi connectivity index (χ4v) is 0.895. The number of hydrogen-bond donors (Lipinski definition) is 0. The van der Waals surface area contributed by atoms with E-state index in [-0.39, 0.29) is 0 Å². The Labute approximate surface area is 71.7 Å². The lowest BCUT2D eigenvalue weighted by molar-refractivity contribution is 0.340. The first kappa shape index (κ1) is 8.35. The molecule has 0 N–H and O–H groups in total. The first-order valence-corrected chi connectivity index (χ1v) is 3.57. The molecule has 0 aliphatic heterocycles. The van der Waals surface area contributed by atoms with Gasteiger partial charge in [0.25, 0.3) is 0 Å². The van der Waals surface area contributed by atoms with Gasteiger partial charge in [-0.1, -0.05) is 30.3 Å². The highest BCUT2D eigenvalue weighted by Crippen LogP contribution is 2.11. The van der Waals surface area contributed by atoms with Crippen LogP contribution >= 0.6 is 0 Å². The molecule has 0 saturated heterocycles. The van der Waals surface area contributed by atoms with E-state index in [1.54, 1.807) is 0 Å². The van der Waals surface area contributed by atoms with Gasteiger partial charge in [0.2, 0.25) is 0 Å². The molecular weight excluding hydrogens is 150 g/mol. The predicted octanol–water partition coefficient (Wildman–Crippen LogP) is 2.20. The minimum Gasteiger partial charge on any atom is -0.503 e. The van der Waals surface area contributed by atoms with Crippen LogP contribution in [0.4, 0.5) is 0 Å². The molecule has 0 aliphatic carbocycles. The van der Waals surface area contributed by atoms with Crippen molar-refractivity contribution >= 4 is 5.57 Å². The fourth-order valence-electron chi connectivity index (χ4n) is 0.895. The second-order valence-electron chi connectivity index (χ2n) is 2.25. The predicted molar refractivity (Wildman–Crippen MR) is 47.0 cm³/mol. The second-order valence-corrected chi connectivity index (χ2v) is 2.25. The Hall–Kier alpha value is -1.75. The number of nitriles is 1. The minimum absolute atomic E-state index is 0.540. The summed E-state index contributed by atoms with van der Waals surface area (Å²) < 4.78 is 4.76. The summed E-state index contributed by atoms with van der Waals surface area (Å²) in [7, 11) is 1.53. The van der Waals surface area contributed by atoms with Crippen molar-refractivity contribution in [1.82, 2.24) is 0 Å². The third kappa shape index (κ3) is 1.86. The molecule has 0 radical (unpaired) electrons. The second kappa shape index (κ2) is 4.20. The molecule has 1 aromatic rings. The molecule has 0 unspecified atom stereocenters. The lowest BCUT2D eigenvalue weighted by atomic mass is 10.1. The molecular formula is C10H9NO. The van der Waals surface area contributed by atoms with E-state index in [0.717, 1.165) is 5.56 Å². The van der Waals surface area contributed by atoms with Crippen LogP contribution in [0.15, 0.2) is 36.6 Å². The zero-order valence-electron chi connectivity index (χ0n) is 6.82. The van der Waals surface area contributed by atoms with E-state index in [1.165, 1.54) is 13.4 Å². The van der Waals surface area contributed by atoms with Gasteiger partial charge in [-0.2, -0.15) is 5.26 Å². The third-order valence-electron chi connectivity index (χ3n) is 1.44. The Morgan fingerprint density at radius 2 is 2.08 bits per heavy atom. The van der Waals surface area contributed by atoms with Crippen LogP contribution in [0.5, 0.6) is 0 Å². The maximum Gasteiger partial charge on any atom is 0.103 e. The van der Waals surface area contributed by atoms with Crippen LogP contribution in [0.1, 0.15) is 5.56 Å². The molecule has 0 aromatic heterocycles. The highest BCUT2D eigenvalue weighted by molar-refractivity contribution is 5.75. The van der Waals surface area contributed by atoms with Gasteiger partial charge in [0, 0.05) is 0 Å². The van der Waals surface area contributed by atoms with Gasteiger partial charge in [0.15, 0.2) is 0 Å². The van der Waals surface area contributed by atoms with Gasteiger partial charge in [0.1, 0.15) is 12.3 Å². The van der Waals surface area contributed by atoms with E-state index in [1.807, 2.05) is 30.3 Å². The largest absolute Gasteiger partial charge is 0.503 e. The SMILES string of the molecule is CO/C=C(\C#N)c1ccccc1. The van der Waals surface area contributed by atoms with Gasteiger partial charge in [-0.05, 0) is 5.56 Å². The third-order valence-corrected chi connectivity index (χ3v) is 1.44. The lowest BCUT2D eigenvalue weighted by Gasteiger charge is -1.96. The summed E-state index contributed by atoms with van der Waals surface area (Å²) in [4.78, 5) is 0. The highest BCUT2D eigenvalue weighted by Gasteiger charge is 1.97. The van der Waals surface area contributed by atoms with E-state index in [2.05, 4.69) is 6.07 Å². The van der Waals surface area contributed by atoms with E-state index in [4.69, 9.17) is 10.00 Å². The normalized spacial score (nSPS) is 10.5. The summed E-state index contributed by atoms with van der Waals surface area (Å²) in [6, 6.07) is 11.5. The van der Waals surface area contributed by atoms with Crippen LogP contribution in [0.3, 0.4) is 0 Å². The molecule has 0 aliphatic rings. The molecule has 0 spiro atoms. The van der Waals surface area contributed by atoms with E-state index in [0.29, 0.717) is 5.57 Å². The molecule has 1 aromatic carbocycles. The van der Waals surface area contributed by atoms with Crippen molar-refractivity contribution in [3.05, 3.63) is 42.2 Å². The molecule has 0 heterocycles. The number of rotatable bonds is 2. The van der Waals surface area contributed by atoms with Crippen molar-refractivity contribution in [3.8, 4) is 6.07 Å². The standard InChI is InChI=1S/C10H9NO/c1-12-8-10(7-11)9-5-3-2-4-6-9/h2-6,8H,1H3/b10-8+. The van der Waals surface area contributed by atoms with Crippen LogP contribution in [0.25, 0.3) is 5.57 Å². The minimum atomic E-state index is 0.540. The van der Waals surface area contributed by atoms with Gasteiger partial charge < -0.3 is 4.74 Å². The summed E-state index contributed by atoms with van der Waals surface area (Å²) in [5.41, 5.74) is 1.42. The Kier molecular flexibility index (Phi) is 2.92. The Bertz CT molecular complexity index is 308. The number of nitrogens with zero attached hydrogens (tertiary/aromatic N) is 1. The molecule has 0 bridgehead atoms. The van der Waals surface area contributed by atoms with Crippen LogP contribution in [-0.4, -0.2) is 7.11 Å². The molecule has 0 saturated carbocycles. The summed E-state index contributed by atoms with van der Waals surface area (Å²) in [5, 5.41) is 8.71. The van der Waals surface area contributed by atoms with Crippen LogP contribution in [0.2, 0.25) is 0 Å². The van der Waals surface area contributed by atoms with E-state index in [9.17, 15) is 0 Å². The highest BCUT2D eigenvalue weighted by atomic mass is 16.5. The Morgan fingerprint density at radius 3 is 2.58 bits per heavy atom. The average Bonchev–Trinajstić information content (AvgIpc) is 2.15. The zero-order chi connectivity index (χ0) is 8.81. The Balaban J connectivity index is 2.98. The van der Waals surface area contributed by atoms with E-state index < -0.39 is 0 Å². The van der Waals surface area contributed by atoms with Gasteiger partial charge in [0.05, 0.1) is 12.7 Å². The van der Waals surface area contributed by atoms with Crippen molar-refractivity contribution in [2.75, 3.05) is 7.11 Å². The van der Waals surface area contributed by atoms with Gasteiger partial charge in [-0.3, -0.25) is 0 Å². The van der Waals surface area contributed by atoms with Crippen molar-refractivity contribution in [3.63, 3.8) is 0 Å². The maximum atomic E-state index is 8.71. The molecule has 2 heteroatoms. The van der Waals surface area contributed by atoms with Crippen molar-refractivity contribution in [2.24, 2.45) is 0 Å². The molecule has 0 fully saturated rings. The van der Waals surface area contributed by atoms with Crippen LogP contribution < -0.4 is 0 Å². The van der Waals surface area contributed by atoms with Gasteiger partial charge in [-0.15, -0.1) is 0 Å². The first-order valence-electron chi connectivity index (χ1n) is 3.57. The van der Waals surface area contributed by atoms with Crippen LogP contribution in [0, 0.1) is 11.3 Å².